The SMILES string of the molecule is O=C(c1cc(Cc2n[nH]c(=O)c3ccccc23)ccc1F)N1CCN(S(=O)(=O)c2ncn[nH]2)CC1. The van der Waals surface area contributed by atoms with Gasteiger partial charge in [-0.2, -0.15) is 14.5 Å². The van der Waals surface area contributed by atoms with Crippen molar-refractivity contribution in [1.82, 2.24) is 34.6 Å². The number of aromatic amines is 2. The van der Waals surface area contributed by atoms with E-state index < -0.39 is 21.7 Å². The third-order valence-electron chi connectivity index (χ3n) is 5.91. The molecule has 0 atom stereocenters. The van der Waals surface area contributed by atoms with Crippen LogP contribution in [0.4, 0.5) is 4.39 Å². The zero-order valence-corrected chi connectivity index (χ0v) is 19.1. The zero-order chi connectivity index (χ0) is 24.6. The number of hydrogen-bond donors (Lipinski definition) is 2. The number of benzene rings is 2. The van der Waals surface area contributed by atoms with Gasteiger partial charge in [0.15, 0.2) is 0 Å². The van der Waals surface area contributed by atoms with Gasteiger partial charge >= 0.3 is 0 Å². The van der Waals surface area contributed by atoms with E-state index >= 15 is 0 Å². The fourth-order valence-corrected chi connectivity index (χ4v) is 5.33. The smallest absolute Gasteiger partial charge is 0.278 e. The summed E-state index contributed by atoms with van der Waals surface area (Å²) in [7, 11) is -3.84. The number of amides is 1. The molecule has 13 heteroatoms. The van der Waals surface area contributed by atoms with Gasteiger partial charge in [-0.05, 0) is 23.8 Å². The molecule has 0 unspecified atom stereocenters. The highest BCUT2D eigenvalue weighted by molar-refractivity contribution is 7.88. The summed E-state index contributed by atoms with van der Waals surface area (Å²) in [4.78, 5) is 30.2. The number of fused-ring (bicyclic) bond motifs is 1. The van der Waals surface area contributed by atoms with Gasteiger partial charge in [-0.25, -0.2) is 28.0 Å². The van der Waals surface area contributed by atoms with Crippen LogP contribution in [0.2, 0.25) is 0 Å². The second kappa shape index (κ2) is 9.00. The number of carbonyl (C=O) groups excluding carboxylic acids is 1. The van der Waals surface area contributed by atoms with Gasteiger partial charge in [0.05, 0.1) is 16.6 Å². The average molecular weight is 498 g/mol. The number of H-pyrrole nitrogens is 2. The van der Waals surface area contributed by atoms with E-state index in [-0.39, 0.29) is 48.9 Å². The third kappa shape index (κ3) is 4.31. The molecule has 3 heterocycles. The highest BCUT2D eigenvalue weighted by Gasteiger charge is 2.32. The van der Waals surface area contributed by atoms with Crippen LogP contribution in [-0.2, 0) is 16.4 Å². The van der Waals surface area contributed by atoms with E-state index in [1.54, 1.807) is 30.3 Å². The van der Waals surface area contributed by atoms with Crippen LogP contribution in [0.25, 0.3) is 10.8 Å². The molecule has 1 aliphatic heterocycles. The maximum atomic E-state index is 14.6. The molecular weight excluding hydrogens is 477 g/mol. The van der Waals surface area contributed by atoms with Crippen molar-refractivity contribution in [2.24, 2.45) is 0 Å². The van der Waals surface area contributed by atoms with Crippen molar-refractivity contribution in [3.63, 3.8) is 0 Å². The molecule has 35 heavy (non-hydrogen) atoms. The van der Waals surface area contributed by atoms with Crippen LogP contribution < -0.4 is 5.56 Å². The first-order chi connectivity index (χ1) is 16.8. The van der Waals surface area contributed by atoms with Gasteiger partial charge in [-0.15, -0.1) is 0 Å². The first-order valence-corrected chi connectivity index (χ1v) is 12.2. The second-order valence-electron chi connectivity index (χ2n) is 8.02. The minimum atomic E-state index is -3.84. The lowest BCUT2D eigenvalue weighted by Gasteiger charge is -2.33. The van der Waals surface area contributed by atoms with Crippen LogP contribution in [0.1, 0.15) is 21.6 Å². The summed E-state index contributed by atoms with van der Waals surface area (Å²) in [6, 6.07) is 11.3. The summed E-state index contributed by atoms with van der Waals surface area (Å²) < 4.78 is 41.0. The summed E-state index contributed by atoms with van der Waals surface area (Å²) in [5, 5.41) is 13.4. The number of hydrogen-bond acceptors (Lipinski definition) is 7. The molecule has 11 nitrogen and oxygen atoms in total. The number of nitrogens with one attached hydrogen (secondary N) is 2. The Labute approximate surface area is 198 Å². The lowest BCUT2D eigenvalue weighted by molar-refractivity contribution is 0.0693. The van der Waals surface area contributed by atoms with E-state index in [2.05, 4.69) is 25.4 Å². The standard InChI is InChI=1S/C22H20FN7O4S/c23-18-6-5-14(12-19-15-3-1-2-4-16(15)20(31)27-26-19)11-17(18)21(32)29-7-9-30(10-8-29)35(33,34)22-24-13-25-28-22/h1-6,11,13H,7-10,12H2,(H,27,31)(H,24,25,28). The molecule has 0 aliphatic carbocycles. The molecule has 0 radical (unpaired) electrons. The molecule has 5 rings (SSSR count). The number of nitrogens with zero attached hydrogens (tertiary/aromatic N) is 5. The van der Waals surface area contributed by atoms with Crippen molar-refractivity contribution < 1.29 is 17.6 Å². The van der Waals surface area contributed by atoms with Crippen molar-refractivity contribution in [2.75, 3.05) is 26.2 Å². The van der Waals surface area contributed by atoms with Crippen LogP contribution >= 0.6 is 0 Å². The van der Waals surface area contributed by atoms with Crippen LogP contribution in [0.3, 0.4) is 0 Å². The van der Waals surface area contributed by atoms with Crippen LogP contribution in [0.5, 0.6) is 0 Å². The Hall–Kier alpha value is -3.97. The Morgan fingerprint density at radius 1 is 1.03 bits per heavy atom. The van der Waals surface area contributed by atoms with Crippen molar-refractivity contribution in [3.8, 4) is 0 Å². The number of rotatable bonds is 5. The molecule has 1 saturated heterocycles. The second-order valence-corrected chi connectivity index (χ2v) is 9.88. The van der Waals surface area contributed by atoms with Gasteiger partial charge in [0.1, 0.15) is 12.1 Å². The molecule has 1 fully saturated rings. The summed E-state index contributed by atoms with van der Waals surface area (Å²) in [5.41, 5.74) is 0.828. The topological polar surface area (TPSA) is 145 Å². The van der Waals surface area contributed by atoms with Gasteiger partial charge in [0.2, 0.25) is 0 Å². The van der Waals surface area contributed by atoms with E-state index in [9.17, 15) is 22.4 Å². The lowest BCUT2D eigenvalue weighted by atomic mass is 10.0. The monoisotopic (exact) mass is 497 g/mol. The zero-order valence-electron chi connectivity index (χ0n) is 18.3. The Morgan fingerprint density at radius 2 is 1.77 bits per heavy atom. The number of sulfonamides is 1. The minimum absolute atomic E-state index is 0.0450. The maximum Gasteiger partial charge on any atom is 0.278 e. The van der Waals surface area contributed by atoms with Crippen molar-refractivity contribution in [3.05, 3.63) is 81.8 Å². The van der Waals surface area contributed by atoms with E-state index in [0.29, 0.717) is 22.0 Å². The first-order valence-electron chi connectivity index (χ1n) is 10.7. The van der Waals surface area contributed by atoms with Gasteiger partial charge in [-0.1, -0.05) is 24.3 Å². The number of aromatic nitrogens is 5. The van der Waals surface area contributed by atoms with Crippen LogP contribution in [-0.4, -0.2) is 75.1 Å². The summed E-state index contributed by atoms with van der Waals surface area (Å²) in [6.07, 6.45) is 1.38. The van der Waals surface area contributed by atoms with Gasteiger partial charge in [0, 0.05) is 38.0 Å². The largest absolute Gasteiger partial charge is 0.336 e. The Bertz CT molecular complexity index is 1560. The van der Waals surface area contributed by atoms with Crippen LogP contribution in [0.15, 0.2) is 58.7 Å². The summed E-state index contributed by atoms with van der Waals surface area (Å²) in [5.74, 6) is -1.20. The molecule has 1 aliphatic rings. The third-order valence-corrected chi connectivity index (χ3v) is 7.64. The Kier molecular flexibility index (Phi) is 5.86. The van der Waals surface area contributed by atoms with Crippen molar-refractivity contribution in [2.45, 2.75) is 11.6 Å². The molecule has 4 aromatic rings. The molecule has 180 valence electrons. The normalized spacial score (nSPS) is 14.9. The summed E-state index contributed by atoms with van der Waals surface area (Å²) in [6.45, 7) is 0.288. The number of piperazine rings is 1. The molecule has 0 spiro atoms. The predicted octanol–water partition coefficient (Wildman–Crippen LogP) is 0.918. The van der Waals surface area contributed by atoms with Gasteiger partial charge in [0.25, 0.3) is 26.6 Å². The van der Waals surface area contributed by atoms with Gasteiger partial charge < -0.3 is 4.90 Å². The molecule has 0 bridgehead atoms. The quantitative estimate of drug-likeness (QED) is 0.417. The number of halogens is 1. The maximum absolute atomic E-state index is 14.6. The fraction of sp³-hybridized carbons (Fsp3) is 0.227. The molecule has 2 aromatic carbocycles. The van der Waals surface area contributed by atoms with Crippen molar-refractivity contribution in [1.29, 1.82) is 0 Å². The predicted molar refractivity (Wildman–Crippen MR) is 123 cm³/mol. The minimum Gasteiger partial charge on any atom is -0.336 e. The Balaban J connectivity index is 1.34. The van der Waals surface area contributed by atoms with Gasteiger partial charge in [-0.3, -0.25) is 9.59 Å². The highest BCUT2D eigenvalue weighted by atomic mass is 32.2. The van der Waals surface area contributed by atoms with E-state index in [0.717, 1.165) is 6.33 Å². The lowest BCUT2D eigenvalue weighted by Crippen LogP contribution is -2.50. The van der Waals surface area contributed by atoms with E-state index in [1.807, 2.05) is 0 Å². The van der Waals surface area contributed by atoms with Crippen molar-refractivity contribution >= 4 is 26.7 Å². The number of carbonyl (C=O) groups is 1. The first kappa shape index (κ1) is 22.8. The molecular formula is C22H20FN7O4S. The molecule has 2 N–H and O–H groups in total. The van der Waals surface area contributed by atoms with Crippen LogP contribution in [0, 0.1) is 5.82 Å². The van der Waals surface area contributed by atoms with E-state index in [4.69, 9.17) is 0 Å². The molecule has 1 amide bonds. The fourth-order valence-electron chi connectivity index (χ4n) is 4.09. The molecule has 2 aromatic heterocycles. The highest BCUT2D eigenvalue weighted by Crippen LogP contribution is 2.21. The Morgan fingerprint density at radius 3 is 2.49 bits per heavy atom. The molecule has 0 saturated carbocycles. The average Bonchev–Trinajstić information content (AvgIpc) is 3.43. The van der Waals surface area contributed by atoms with E-state index in [1.165, 1.54) is 21.3 Å². The summed E-state index contributed by atoms with van der Waals surface area (Å²) >= 11 is 0.